The number of fused-ring (bicyclic) bond motifs is 7. The highest BCUT2D eigenvalue weighted by molar-refractivity contribution is 6.15. The molecule has 4 aromatic rings. The predicted octanol–water partition coefficient (Wildman–Crippen LogP) is 6.51. The molecule has 4 N–H and O–H groups in total. The highest BCUT2D eigenvalue weighted by Crippen LogP contribution is 2.44. The van der Waals surface area contributed by atoms with Gasteiger partial charge in [-0.25, -0.2) is 4.79 Å². The molecule has 0 aromatic heterocycles. The fourth-order valence-corrected chi connectivity index (χ4v) is 10.6. The lowest BCUT2D eigenvalue weighted by Crippen LogP contribution is -2.50. The van der Waals surface area contributed by atoms with Crippen LogP contribution < -0.4 is 45.1 Å². The van der Waals surface area contributed by atoms with E-state index in [9.17, 15) is 38.4 Å². The number of ether oxygens (including phenoxy) is 4. The Hall–Kier alpha value is -9.01. The predicted molar refractivity (Wildman–Crippen MR) is 288 cm³/mol. The Labute approximate surface area is 455 Å². The van der Waals surface area contributed by atoms with Crippen molar-refractivity contribution in [2.45, 2.75) is 115 Å². The molecule has 410 valence electrons. The zero-order valence-corrected chi connectivity index (χ0v) is 44.2. The van der Waals surface area contributed by atoms with E-state index in [4.69, 9.17) is 28.8 Å². The van der Waals surface area contributed by atoms with Crippen LogP contribution in [0.25, 0.3) is 0 Å². The number of carbonyl (C=O) groups is 8. The SMILES string of the molecule is COc1cc2c(cc1OCc1cc(COc3cc4c(cc3OC)C(=O)N3C5=C(CCC=C5)C[C@H]3CN4)cc(NC(=O)[C@H](C)NC(=O)[C@H](C)NC(=O)CCCCC(=O)ON3C(=O)CCC3=O)c1)N=C[C@H]1Cc3ccccc3N1C2=O. The smallest absolute Gasteiger partial charge is 0.333 e. The molecule has 4 atom stereocenters. The van der Waals surface area contributed by atoms with Gasteiger partial charge in [0, 0.05) is 74.1 Å². The van der Waals surface area contributed by atoms with Crippen molar-refractivity contribution in [3.8, 4) is 23.0 Å². The van der Waals surface area contributed by atoms with Crippen molar-refractivity contribution in [2.75, 3.05) is 36.3 Å². The second-order valence-corrected chi connectivity index (χ2v) is 20.1. The van der Waals surface area contributed by atoms with E-state index >= 15 is 0 Å². The molecule has 1 fully saturated rings. The number of methoxy groups -OCH3 is 2. The minimum atomic E-state index is -1.07. The van der Waals surface area contributed by atoms with Gasteiger partial charge in [-0.3, -0.25) is 43.5 Å². The molecule has 0 spiro atoms. The number of benzene rings is 4. The van der Waals surface area contributed by atoms with Crippen LogP contribution in [-0.4, -0.2) is 108 Å². The number of amides is 7. The van der Waals surface area contributed by atoms with E-state index < -0.39 is 47.6 Å². The summed E-state index contributed by atoms with van der Waals surface area (Å²) in [6.45, 7) is 3.45. The molecule has 1 saturated heterocycles. The lowest BCUT2D eigenvalue weighted by molar-refractivity contribution is -0.197. The van der Waals surface area contributed by atoms with Gasteiger partial charge in [-0.15, -0.1) is 5.06 Å². The number of carbonyl (C=O) groups excluding carboxylic acids is 8. The van der Waals surface area contributed by atoms with Gasteiger partial charge in [0.05, 0.1) is 48.8 Å². The van der Waals surface area contributed by atoms with Gasteiger partial charge in [-0.2, -0.15) is 0 Å². The average molecular weight is 1080 g/mol. The number of aliphatic imine (C=N–C) groups is 1. The molecule has 6 aliphatic rings. The number of hydroxylamine groups is 2. The third kappa shape index (κ3) is 11.4. The van der Waals surface area contributed by atoms with Crippen LogP contribution in [0.15, 0.2) is 95.1 Å². The van der Waals surface area contributed by atoms with Gasteiger partial charge >= 0.3 is 5.97 Å². The molecule has 79 heavy (non-hydrogen) atoms. The Bertz CT molecular complexity index is 3260. The Kier molecular flexibility index (Phi) is 15.5. The first-order valence-electron chi connectivity index (χ1n) is 26.4. The molecule has 10 rings (SSSR count). The molecule has 7 amide bonds. The number of hydrogen-bond donors (Lipinski definition) is 4. The number of hydrogen-bond acceptors (Lipinski definition) is 15. The van der Waals surface area contributed by atoms with Crippen LogP contribution in [0.3, 0.4) is 0 Å². The van der Waals surface area contributed by atoms with E-state index in [1.54, 1.807) is 47.5 Å². The Morgan fingerprint density at radius 1 is 0.734 bits per heavy atom. The van der Waals surface area contributed by atoms with Crippen LogP contribution in [0.2, 0.25) is 0 Å². The van der Waals surface area contributed by atoms with Gasteiger partial charge in [0.1, 0.15) is 25.3 Å². The average Bonchev–Trinajstić information content (AvgIpc) is 4.29. The first-order valence-corrected chi connectivity index (χ1v) is 26.4. The summed E-state index contributed by atoms with van der Waals surface area (Å²) in [6.07, 6.45) is 9.54. The van der Waals surface area contributed by atoms with Crippen molar-refractivity contribution in [2.24, 2.45) is 4.99 Å². The molecule has 1 aliphatic carbocycles. The molecule has 0 bridgehead atoms. The molecule has 21 nitrogen and oxygen atoms in total. The Balaban J connectivity index is 0.824. The fraction of sp³-hybridized carbons (Fsp3) is 0.362. The van der Waals surface area contributed by atoms with Crippen molar-refractivity contribution in [3.63, 3.8) is 0 Å². The second-order valence-electron chi connectivity index (χ2n) is 20.1. The summed E-state index contributed by atoms with van der Waals surface area (Å²) in [4.78, 5) is 117. The van der Waals surface area contributed by atoms with Crippen molar-refractivity contribution in [1.82, 2.24) is 20.6 Å². The van der Waals surface area contributed by atoms with Gasteiger partial charge in [-0.05, 0) is 111 Å². The van der Waals surface area contributed by atoms with Gasteiger partial charge in [-0.1, -0.05) is 24.3 Å². The Morgan fingerprint density at radius 2 is 1.41 bits per heavy atom. The highest BCUT2D eigenvalue weighted by Gasteiger charge is 2.40. The van der Waals surface area contributed by atoms with Gasteiger partial charge in [0.25, 0.3) is 23.6 Å². The number of nitrogens with one attached hydrogen (secondary N) is 4. The fourth-order valence-electron chi connectivity index (χ4n) is 10.6. The summed E-state index contributed by atoms with van der Waals surface area (Å²) in [7, 11) is 2.99. The van der Waals surface area contributed by atoms with E-state index in [2.05, 4.69) is 27.3 Å². The molecule has 4 aromatic carbocycles. The van der Waals surface area contributed by atoms with Crippen LogP contribution >= 0.6 is 0 Å². The second kappa shape index (κ2) is 22.9. The molecular weight excluding hydrogens is 1020 g/mol. The number of unbranched alkanes of at least 4 members (excludes halogenated alkanes) is 1. The van der Waals surface area contributed by atoms with Crippen LogP contribution in [0.5, 0.6) is 23.0 Å². The van der Waals surface area contributed by atoms with Crippen LogP contribution in [0.1, 0.15) is 109 Å². The summed E-state index contributed by atoms with van der Waals surface area (Å²) < 4.78 is 24.4. The summed E-state index contributed by atoms with van der Waals surface area (Å²) >= 11 is 0. The van der Waals surface area contributed by atoms with Gasteiger partial charge in [0.15, 0.2) is 23.0 Å². The molecule has 0 radical (unpaired) electrons. The largest absolute Gasteiger partial charge is 0.493 e. The van der Waals surface area contributed by atoms with Crippen molar-refractivity contribution in [1.29, 1.82) is 0 Å². The first-order chi connectivity index (χ1) is 38.2. The van der Waals surface area contributed by atoms with E-state index in [1.807, 2.05) is 41.3 Å². The van der Waals surface area contributed by atoms with E-state index in [-0.39, 0.29) is 75.6 Å². The van der Waals surface area contributed by atoms with Crippen molar-refractivity contribution >= 4 is 76.3 Å². The molecule has 5 heterocycles. The highest BCUT2D eigenvalue weighted by atomic mass is 16.7. The quantitative estimate of drug-likeness (QED) is 0.0577. The maximum atomic E-state index is 14.2. The third-order valence-corrected chi connectivity index (χ3v) is 14.6. The molecule has 5 aliphatic heterocycles. The lowest BCUT2D eigenvalue weighted by atomic mass is 10.0. The van der Waals surface area contributed by atoms with E-state index in [0.717, 1.165) is 36.2 Å². The van der Waals surface area contributed by atoms with Gasteiger partial charge in [0.2, 0.25) is 17.7 Å². The summed E-state index contributed by atoms with van der Waals surface area (Å²) in [6, 6.07) is 17.4. The molecule has 0 unspecified atom stereocenters. The normalized spacial score (nSPS) is 18.4. The monoisotopic (exact) mass is 1080 g/mol. The lowest BCUT2D eigenvalue weighted by Gasteiger charge is -2.24. The van der Waals surface area contributed by atoms with Gasteiger partial charge < -0.3 is 50.0 Å². The van der Waals surface area contributed by atoms with E-state index in [0.29, 0.717) is 80.3 Å². The maximum Gasteiger partial charge on any atom is 0.333 e. The van der Waals surface area contributed by atoms with Crippen molar-refractivity contribution in [3.05, 3.63) is 118 Å². The standard InChI is InChI=1S/C58H60N8O13/c1-32(61-51(67)15-9-10-16-54(70)79-66-52(68)17-18-53(66)69)55(71)62-33(2)56(72)63-38-20-34(30-77-49-26-43-41(24-47(49)75-3)57(73)64-39(28-59-43)22-36-11-5-7-13-45(36)64)19-35(21-38)31-78-50-27-44-42(25-48(50)76-4)58(74)65-40(29-60-44)23-37-12-6-8-14-46(37)65/h5,7-8,11,13-14,19-21,24-28,32-33,39-40,60H,6,9-10,12,15-18,22-23,29-31H2,1-4H3,(H,61,67)(H,62,71)(H,63,72)/t32-,33-,39+,40-/m0/s1. The summed E-state index contributed by atoms with van der Waals surface area (Å²) in [5.74, 6) is -2.60. The number of allylic oxidation sites excluding steroid dienone is 2. The number of para-hydroxylation sites is 1. The number of imide groups is 1. The number of anilines is 3. The minimum Gasteiger partial charge on any atom is -0.493 e. The van der Waals surface area contributed by atoms with Crippen LogP contribution in [-0.2, 0) is 53.2 Å². The topological polar surface area (TPSA) is 253 Å². The summed E-state index contributed by atoms with van der Waals surface area (Å²) in [5.41, 5.74) is 7.53. The van der Waals surface area contributed by atoms with E-state index in [1.165, 1.54) is 33.6 Å². The molecule has 0 saturated carbocycles. The number of nitrogens with zero attached hydrogens (tertiary/aromatic N) is 4. The zero-order chi connectivity index (χ0) is 55.5. The zero-order valence-electron chi connectivity index (χ0n) is 44.2. The summed E-state index contributed by atoms with van der Waals surface area (Å²) in [5, 5.41) is 12.1. The number of rotatable bonds is 19. The molecule has 21 heteroatoms. The van der Waals surface area contributed by atoms with Crippen LogP contribution in [0.4, 0.5) is 22.7 Å². The van der Waals surface area contributed by atoms with Crippen molar-refractivity contribution < 1.29 is 62.1 Å². The van der Waals surface area contributed by atoms with Crippen LogP contribution in [0, 0.1) is 0 Å². The maximum absolute atomic E-state index is 14.2. The third-order valence-electron chi connectivity index (χ3n) is 14.6. The molecular formula is C58H60N8O13. The Morgan fingerprint density at radius 3 is 2.14 bits per heavy atom. The minimum absolute atomic E-state index is 0.0214. The first kappa shape index (κ1) is 53.4.